The van der Waals surface area contributed by atoms with Crippen molar-refractivity contribution in [3.63, 3.8) is 0 Å². The molecular weight excluding hydrogens is 281 g/mol. The lowest BCUT2D eigenvalue weighted by molar-refractivity contribution is 0.300. The standard InChI is InChI=1S/C15H13ClFNO2/c1-10(18-19)11-4-2-5-12(8-11)20-9-13-14(16)6-3-7-15(13)17/h2-8,19H,9H2,1H3. The second-order valence-electron chi connectivity index (χ2n) is 4.20. The molecule has 0 fully saturated rings. The van der Waals surface area contributed by atoms with E-state index in [-0.39, 0.29) is 6.61 Å². The van der Waals surface area contributed by atoms with Crippen LogP contribution in [-0.2, 0) is 6.61 Å². The average Bonchev–Trinajstić information content (AvgIpc) is 2.46. The minimum absolute atomic E-state index is 0.0320. The molecule has 5 heteroatoms. The Bertz CT molecular complexity index is 623. The fourth-order valence-electron chi connectivity index (χ4n) is 1.69. The van der Waals surface area contributed by atoms with Gasteiger partial charge in [-0.15, -0.1) is 0 Å². The summed E-state index contributed by atoms with van der Waals surface area (Å²) in [5.41, 5.74) is 1.51. The van der Waals surface area contributed by atoms with Crippen molar-refractivity contribution in [2.45, 2.75) is 13.5 Å². The first-order valence-electron chi connectivity index (χ1n) is 5.96. The minimum Gasteiger partial charge on any atom is -0.489 e. The van der Waals surface area contributed by atoms with Gasteiger partial charge in [0.2, 0.25) is 0 Å². The van der Waals surface area contributed by atoms with Crippen LogP contribution in [0.4, 0.5) is 4.39 Å². The molecule has 1 N–H and O–H groups in total. The van der Waals surface area contributed by atoms with E-state index in [1.807, 2.05) is 0 Å². The molecule has 0 spiro atoms. The number of ether oxygens (including phenoxy) is 1. The summed E-state index contributed by atoms with van der Waals surface area (Å²) in [6.45, 7) is 1.71. The maximum Gasteiger partial charge on any atom is 0.131 e. The molecule has 0 aromatic heterocycles. The van der Waals surface area contributed by atoms with Gasteiger partial charge < -0.3 is 9.94 Å². The van der Waals surface area contributed by atoms with Crippen molar-refractivity contribution >= 4 is 17.3 Å². The molecule has 0 heterocycles. The van der Waals surface area contributed by atoms with Crippen molar-refractivity contribution in [1.29, 1.82) is 0 Å². The summed E-state index contributed by atoms with van der Waals surface area (Å²) >= 11 is 5.93. The summed E-state index contributed by atoms with van der Waals surface area (Å²) in [5, 5.41) is 12.2. The Kier molecular flexibility index (Phi) is 4.58. The lowest BCUT2D eigenvalue weighted by atomic mass is 10.1. The number of halogens is 2. The topological polar surface area (TPSA) is 41.8 Å². The van der Waals surface area contributed by atoms with Crippen LogP contribution in [0.2, 0.25) is 5.02 Å². The summed E-state index contributed by atoms with van der Waals surface area (Å²) in [6, 6.07) is 11.5. The molecule has 2 aromatic rings. The second-order valence-corrected chi connectivity index (χ2v) is 4.61. The molecule has 0 unspecified atom stereocenters. The van der Waals surface area contributed by atoms with Gasteiger partial charge in [0.05, 0.1) is 10.7 Å². The first-order valence-corrected chi connectivity index (χ1v) is 6.34. The molecular formula is C15H13ClFNO2. The van der Waals surface area contributed by atoms with Gasteiger partial charge in [0.15, 0.2) is 0 Å². The fraction of sp³-hybridized carbons (Fsp3) is 0.133. The molecule has 104 valence electrons. The van der Waals surface area contributed by atoms with Gasteiger partial charge in [-0.2, -0.15) is 0 Å². The highest BCUT2D eigenvalue weighted by Crippen LogP contribution is 2.22. The fourth-order valence-corrected chi connectivity index (χ4v) is 1.91. The smallest absolute Gasteiger partial charge is 0.131 e. The summed E-state index contributed by atoms with van der Waals surface area (Å²) in [5.74, 6) is 0.145. The van der Waals surface area contributed by atoms with Gasteiger partial charge in [-0.1, -0.05) is 35.0 Å². The van der Waals surface area contributed by atoms with E-state index in [9.17, 15) is 4.39 Å². The quantitative estimate of drug-likeness (QED) is 0.520. The SMILES string of the molecule is CC(=NO)c1cccc(OCc2c(F)cccc2Cl)c1. The first-order chi connectivity index (χ1) is 9.61. The Labute approximate surface area is 121 Å². The van der Waals surface area contributed by atoms with Gasteiger partial charge in [0.1, 0.15) is 18.2 Å². The van der Waals surface area contributed by atoms with E-state index in [1.54, 1.807) is 43.3 Å². The first kappa shape index (κ1) is 14.3. The maximum absolute atomic E-state index is 13.6. The van der Waals surface area contributed by atoms with E-state index in [0.29, 0.717) is 22.0 Å². The van der Waals surface area contributed by atoms with Crippen LogP contribution in [0.15, 0.2) is 47.6 Å². The van der Waals surface area contributed by atoms with Gasteiger partial charge in [-0.3, -0.25) is 0 Å². The van der Waals surface area contributed by atoms with Crippen molar-refractivity contribution in [3.8, 4) is 5.75 Å². The van der Waals surface area contributed by atoms with Crippen LogP contribution in [0.25, 0.3) is 0 Å². The van der Waals surface area contributed by atoms with Gasteiger partial charge in [0.25, 0.3) is 0 Å². The van der Waals surface area contributed by atoms with Crippen LogP contribution >= 0.6 is 11.6 Å². The van der Waals surface area contributed by atoms with Crippen molar-refractivity contribution in [2.24, 2.45) is 5.16 Å². The third kappa shape index (κ3) is 3.27. The summed E-state index contributed by atoms with van der Waals surface area (Å²) in [6.07, 6.45) is 0. The molecule has 0 aliphatic rings. The molecule has 0 radical (unpaired) electrons. The van der Waals surface area contributed by atoms with Gasteiger partial charge in [-0.25, -0.2) is 4.39 Å². The highest BCUT2D eigenvalue weighted by Gasteiger charge is 2.08. The Morgan fingerprint density at radius 2 is 2.05 bits per heavy atom. The van der Waals surface area contributed by atoms with Crippen LogP contribution in [0.5, 0.6) is 5.75 Å². The van der Waals surface area contributed by atoms with E-state index < -0.39 is 5.82 Å². The number of nitrogens with zero attached hydrogens (tertiary/aromatic N) is 1. The Morgan fingerprint density at radius 1 is 1.30 bits per heavy atom. The number of oxime groups is 1. The second kappa shape index (κ2) is 6.39. The van der Waals surface area contributed by atoms with Crippen molar-refractivity contribution in [1.82, 2.24) is 0 Å². The average molecular weight is 294 g/mol. The van der Waals surface area contributed by atoms with Gasteiger partial charge in [0, 0.05) is 11.1 Å². The van der Waals surface area contributed by atoms with Gasteiger partial charge in [-0.05, 0) is 31.2 Å². The molecule has 0 saturated carbocycles. The van der Waals surface area contributed by atoms with E-state index in [1.165, 1.54) is 6.07 Å². The largest absolute Gasteiger partial charge is 0.489 e. The molecule has 0 bridgehead atoms. The van der Waals surface area contributed by atoms with Crippen molar-refractivity contribution in [2.75, 3.05) is 0 Å². The van der Waals surface area contributed by atoms with E-state index >= 15 is 0 Å². The molecule has 0 atom stereocenters. The van der Waals surface area contributed by atoms with E-state index in [0.717, 1.165) is 5.56 Å². The summed E-state index contributed by atoms with van der Waals surface area (Å²) in [7, 11) is 0. The highest BCUT2D eigenvalue weighted by atomic mass is 35.5. The monoisotopic (exact) mass is 293 g/mol. The lowest BCUT2D eigenvalue weighted by Crippen LogP contribution is -2.01. The number of hydrogen-bond acceptors (Lipinski definition) is 3. The molecule has 20 heavy (non-hydrogen) atoms. The Morgan fingerprint density at radius 3 is 2.75 bits per heavy atom. The zero-order valence-corrected chi connectivity index (χ0v) is 11.6. The van der Waals surface area contributed by atoms with Crippen LogP contribution in [-0.4, -0.2) is 10.9 Å². The lowest BCUT2D eigenvalue weighted by Gasteiger charge is -2.09. The Hall–Kier alpha value is -2.07. The zero-order chi connectivity index (χ0) is 14.5. The van der Waals surface area contributed by atoms with Crippen LogP contribution in [0.3, 0.4) is 0 Å². The van der Waals surface area contributed by atoms with Crippen LogP contribution < -0.4 is 4.74 Å². The molecule has 2 rings (SSSR count). The third-order valence-corrected chi connectivity index (χ3v) is 3.20. The molecule has 3 nitrogen and oxygen atoms in total. The van der Waals surface area contributed by atoms with Crippen molar-refractivity contribution in [3.05, 3.63) is 64.4 Å². The van der Waals surface area contributed by atoms with E-state index in [4.69, 9.17) is 21.5 Å². The summed E-state index contributed by atoms with van der Waals surface area (Å²) < 4.78 is 19.1. The highest BCUT2D eigenvalue weighted by molar-refractivity contribution is 6.31. The van der Waals surface area contributed by atoms with Crippen LogP contribution in [0, 0.1) is 5.82 Å². The predicted molar refractivity (Wildman–Crippen MR) is 76.2 cm³/mol. The molecule has 0 amide bonds. The van der Waals surface area contributed by atoms with E-state index in [2.05, 4.69) is 5.16 Å². The maximum atomic E-state index is 13.6. The summed E-state index contributed by atoms with van der Waals surface area (Å²) in [4.78, 5) is 0. The number of hydrogen-bond donors (Lipinski definition) is 1. The predicted octanol–water partition coefficient (Wildman–Crippen LogP) is 4.26. The molecule has 0 saturated heterocycles. The minimum atomic E-state index is -0.401. The molecule has 2 aromatic carbocycles. The number of rotatable bonds is 4. The zero-order valence-electron chi connectivity index (χ0n) is 10.8. The molecule has 0 aliphatic carbocycles. The number of benzene rings is 2. The van der Waals surface area contributed by atoms with Gasteiger partial charge >= 0.3 is 0 Å². The molecule has 0 aliphatic heterocycles. The van der Waals surface area contributed by atoms with Crippen LogP contribution in [0.1, 0.15) is 18.1 Å². The van der Waals surface area contributed by atoms with Crippen molar-refractivity contribution < 1.29 is 14.3 Å². The Balaban J connectivity index is 2.15. The third-order valence-electron chi connectivity index (χ3n) is 2.85. The normalized spacial score (nSPS) is 11.4.